The minimum atomic E-state index is -0.297. The summed E-state index contributed by atoms with van der Waals surface area (Å²) in [6, 6.07) is 10.3. The molecule has 0 aliphatic rings. The molecule has 0 saturated heterocycles. The Labute approximate surface area is 132 Å². The van der Waals surface area contributed by atoms with E-state index in [1.165, 1.54) is 6.07 Å². The van der Waals surface area contributed by atoms with Crippen molar-refractivity contribution in [2.75, 3.05) is 21.3 Å². The molecule has 0 heterocycles. The van der Waals surface area contributed by atoms with Gasteiger partial charge in [-0.1, -0.05) is 12.1 Å². The second-order valence-electron chi connectivity index (χ2n) is 4.47. The average Bonchev–Trinajstić information content (AvgIpc) is 2.52. The highest BCUT2D eigenvalue weighted by Crippen LogP contribution is 2.36. The van der Waals surface area contributed by atoms with Crippen LogP contribution in [-0.4, -0.2) is 21.3 Å². The molecule has 112 valence electrons. The van der Waals surface area contributed by atoms with E-state index in [4.69, 9.17) is 9.47 Å². The molecule has 1 N–H and O–H groups in total. The van der Waals surface area contributed by atoms with Crippen molar-refractivity contribution in [1.29, 1.82) is 0 Å². The van der Waals surface area contributed by atoms with Crippen LogP contribution in [0.15, 0.2) is 40.9 Å². The van der Waals surface area contributed by atoms with Crippen molar-refractivity contribution in [3.8, 4) is 11.5 Å². The summed E-state index contributed by atoms with van der Waals surface area (Å²) in [5, 5.41) is 3.20. The van der Waals surface area contributed by atoms with Gasteiger partial charge in [-0.05, 0) is 52.8 Å². The van der Waals surface area contributed by atoms with Crippen molar-refractivity contribution < 1.29 is 13.9 Å². The molecule has 2 rings (SSSR count). The molecule has 5 heteroatoms. The van der Waals surface area contributed by atoms with Gasteiger partial charge in [-0.3, -0.25) is 0 Å². The van der Waals surface area contributed by atoms with Gasteiger partial charge in [0.15, 0.2) is 0 Å². The van der Waals surface area contributed by atoms with Gasteiger partial charge in [0.25, 0.3) is 0 Å². The summed E-state index contributed by atoms with van der Waals surface area (Å²) in [6.07, 6.45) is 0. The van der Waals surface area contributed by atoms with Gasteiger partial charge in [-0.25, -0.2) is 4.39 Å². The summed E-state index contributed by atoms with van der Waals surface area (Å²) in [5.74, 6) is 1.14. The molecule has 0 bridgehead atoms. The molecule has 0 aliphatic carbocycles. The van der Waals surface area contributed by atoms with E-state index in [2.05, 4.69) is 21.2 Å². The van der Waals surface area contributed by atoms with Crippen molar-refractivity contribution >= 4 is 15.9 Å². The van der Waals surface area contributed by atoms with Gasteiger partial charge < -0.3 is 14.8 Å². The SMILES string of the molecule is CNC(c1cc(OC)ccc1OC)c1cccc(F)c1Br. The molecule has 0 fully saturated rings. The van der Waals surface area contributed by atoms with E-state index in [0.29, 0.717) is 10.2 Å². The summed E-state index contributed by atoms with van der Waals surface area (Å²) in [5.41, 5.74) is 1.68. The van der Waals surface area contributed by atoms with Crippen LogP contribution in [0.5, 0.6) is 11.5 Å². The zero-order chi connectivity index (χ0) is 15.4. The summed E-state index contributed by atoms with van der Waals surface area (Å²) in [7, 11) is 5.04. The fourth-order valence-electron chi connectivity index (χ4n) is 2.29. The Balaban J connectivity index is 2.57. The zero-order valence-electron chi connectivity index (χ0n) is 12.1. The maximum atomic E-state index is 13.8. The third kappa shape index (κ3) is 3.19. The fraction of sp³-hybridized carbons (Fsp3) is 0.250. The van der Waals surface area contributed by atoms with Crippen LogP contribution in [0.1, 0.15) is 17.2 Å². The number of ether oxygens (including phenoxy) is 2. The van der Waals surface area contributed by atoms with E-state index in [-0.39, 0.29) is 11.9 Å². The Morgan fingerprint density at radius 2 is 1.86 bits per heavy atom. The zero-order valence-corrected chi connectivity index (χ0v) is 13.7. The Morgan fingerprint density at radius 1 is 1.10 bits per heavy atom. The molecule has 0 amide bonds. The predicted molar refractivity (Wildman–Crippen MR) is 84.5 cm³/mol. The second kappa shape index (κ2) is 6.91. The molecule has 0 aromatic heterocycles. The fourth-order valence-corrected chi connectivity index (χ4v) is 2.78. The van der Waals surface area contributed by atoms with Crippen molar-refractivity contribution in [1.82, 2.24) is 5.32 Å². The first-order chi connectivity index (χ1) is 10.1. The Hall–Kier alpha value is -1.59. The van der Waals surface area contributed by atoms with Gasteiger partial charge in [0, 0.05) is 5.56 Å². The number of hydrogen-bond acceptors (Lipinski definition) is 3. The van der Waals surface area contributed by atoms with Crippen LogP contribution in [0, 0.1) is 5.82 Å². The highest BCUT2D eigenvalue weighted by Gasteiger charge is 2.21. The summed E-state index contributed by atoms with van der Waals surface area (Å²) >= 11 is 3.31. The smallest absolute Gasteiger partial charge is 0.137 e. The molecule has 0 aliphatic heterocycles. The number of hydrogen-bond donors (Lipinski definition) is 1. The van der Waals surface area contributed by atoms with E-state index in [0.717, 1.165) is 16.9 Å². The minimum absolute atomic E-state index is 0.222. The standard InChI is InChI=1S/C16H17BrFNO2/c1-19-16(11-5-4-6-13(18)15(11)17)12-9-10(20-2)7-8-14(12)21-3/h4-9,16,19H,1-3H3. The third-order valence-electron chi connectivity index (χ3n) is 3.33. The molecule has 21 heavy (non-hydrogen) atoms. The lowest BCUT2D eigenvalue weighted by Crippen LogP contribution is -2.19. The maximum Gasteiger partial charge on any atom is 0.137 e. The third-order valence-corrected chi connectivity index (χ3v) is 4.17. The van der Waals surface area contributed by atoms with Crippen LogP contribution in [-0.2, 0) is 0 Å². The van der Waals surface area contributed by atoms with E-state index < -0.39 is 0 Å². The lowest BCUT2D eigenvalue weighted by atomic mass is 9.97. The van der Waals surface area contributed by atoms with Crippen LogP contribution in [0.4, 0.5) is 4.39 Å². The van der Waals surface area contributed by atoms with Crippen molar-refractivity contribution in [3.63, 3.8) is 0 Å². The Bertz CT molecular complexity index is 634. The quantitative estimate of drug-likeness (QED) is 0.883. The number of benzene rings is 2. The van der Waals surface area contributed by atoms with Gasteiger partial charge in [-0.2, -0.15) is 0 Å². The van der Waals surface area contributed by atoms with Gasteiger partial charge in [-0.15, -0.1) is 0 Å². The van der Waals surface area contributed by atoms with Gasteiger partial charge in [0.1, 0.15) is 17.3 Å². The van der Waals surface area contributed by atoms with E-state index in [9.17, 15) is 4.39 Å². The van der Waals surface area contributed by atoms with Crippen LogP contribution >= 0.6 is 15.9 Å². The van der Waals surface area contributed by atoms with Crippen molar-refractivity contribution in [3.05, 3.63) is 57.8 Å². The summed E-state index contributed by atoms with van der Waals surface area (Å²) in [6.45, 7) is 0. The molecule has 2 aromatic carbocycles. The topological polar surface area (TPSA) is 30.5 Å². The van der Waals surface area contributed by atoms with Crippen molar-refractivity contribution in [2.24, 2.45) is 0 Å². The van der Waals surface area contributed by atoms with Gasteiger partial charge in [0.05, 0.1) is 24.7 Å². The molecule has 1 atom stereocenters. The highest BCUT2D eigenvalue weighted by atomic mass is 79.9. The first-order valence-corrected chi connectivity index (χ1v) is 7.24. The van der Waals surface area contributed by atoms with Gasteiger partial charge in [0.2, 0.25) is 0 Å². The Kier molecular flexibility index (Phi) is 5.20. The van der Waals surface area contributed by atoms with Crippen LogP contribution < -0.4 is 14.8 Å². The van der Waals surface area contributed by atoms with Crippen LogP contribution in [0.3, 0.4) is 0 Å². The van der Waals surface area contributed by atoms with Crippen LogP contribution in [0.25, 0.3) is 0 Å². The van der Waals surface area contributed by atoms with E-state index in [1.807, 2.05) is 31.3 Å². The molecule has 1 unspecified atom stereocenters. The minimum Gasteiger partial charge on any atom is -0.497 e. The normalized spacial score (nSPS) is 12.0. The molecule has 0 spiro atoms. The second-order valence-corrected chi connectivity index (χ2v) is 5.27. The number of rotatable bonds is 5. The molecular formula is C16H17BrFNO2. The average molecular weight is 354 g/mol. The van der Waals surface area contributed by atoms with Crippen LogP contribution in [0.2, 0.25) is 0 Å². The first kappa shape index (κ1) is 15.8. The monoisotopic (exact) mass is 353 g/mol. The molecule has 0 radical (unpaired) electrons. The van der Waals surface area contributed by atoms with Crippen molar-refractivity contribution in [2.45, 2.75) is 6.04 Å². The Morgan fingerprint density at radius 3 is 2.48 bits per heavy atom. The number of nitrogens with one attached hydrogen (secondary N) is 1. The predicted octanol–water partition coefficient (Wildman–Crippen LogP) is 3.91. The molecule has 0 saturated carbocycles. The molecule has 3 nitrogen and oxygen atoms in total. The van der Waals surface area contributed by atoms with E-state index >= 15 is 0 Å². The molecule has 2 aromatic rings. The lowest BCUT2D eigenvalue weighted by molar-refractivity contribution is 0.395. The summed E-state index contributed by atoms with van der Waals surface area (Å²) < 4.78 is 24.9. The lowest BCUT2D eigenvalue weighted by Gasteiger charge is -2.22. The summed E-state index contributed by atoms with van der Waals surface area (Å²) in [4.78, 5) is 0. The largest absolute Gasteiger partial charge is 0.497 e. The number of methoxy groups -OCH3 is 2. The first-order valence-electron chi connectivity index (χ1n) is 6.45. The van der Waals surface area contributed by atoms with E-state index in [1.54, 1.807) is 20.3 Å². The van der Waals surface area contributed by atoms with Gasteiger partial charge >= 0.3 is 0 Å². The molecular weight excluding hydrogens is 337 g/mol. The number of halogens is 2. The maximum absolute atomic E-state index is 13.8. The highest BCUT2D eigenvalue weighted by molar-refractivity contribution is 9.10.